The lowest BCUT2D eigenvalue weighted by Crippen LogP contribution is -2.46. The molecule has 0 aliphatic heterocycles. The molecule has 2 aliphatic rings. The zero-order chi connectivity index (χ0) is 10.4. The molecule has 0 aromatic carbocycles. The van der Waals surface area contributed by atoms with Gasteiger partial charge in [0.05, 0.1) is 5.60 Å². The first-order valence-corrected chi connectivity index (χ1v) is 5.88. The molecule has 0 bridgehead atoms. The lowest BCUT2D eigenvalue weighted by Gasteiger charge is -2.46. The van der Waals surface area contributed by atoms with Gasteiger partial charge in [0.25, 0.3) is 0 Å². The summed E-state index contributed by atoms with van der Waals surface area (Å²) in [5.74, 6) is 0.550. The molecule has 0 radical (unpaired) electrons. The maximum absolute atomic E-state index is 10.5. The van der Waals surface area contributed by atoms with Crippen LogP contribution in [0, 0.1) is 11.3 Å². The zero-order valence-corrected chi connectivity index (χ0v) is 9.64. The van der Waals surface area contributed by atoms with E-state index in [1.165, 1.54) is 31.3 Å². The normalized spacial score (nSPS) is 48.3. The highest BCUT2D eigenvalue weighted by Gasteiger charge is 2.53. The average molecular weight is 194 g/mol. The van der Waals surface area contributed by atoms with Crippen molar-refractivity contribution >= 4 is 0 Å². The second-order valence-electron chi connectivity index (χ2n) is 5.59. The summed E-state index contributed by atoms with van der Waals surface area (Å²) in [4.78, 5) is 0. The third kappa shape index (κ3) is 1.25. The van der Waals surface area contributed by atoms with E-state index in [1.54, 1.807) is 0 Å². The number of rotatable bonds is 0. The van der Waals surface area contributed by atoms with E-state index in [1.807, 2.05) is 6.92 Å². The van der Waals surface area contributed by atoms with Crippen LogP contribution in [0.2, 0.25) is 0 Å². The predicted molar refractivity (Wildman–Crippen MR) is 59.1 cm³/mol. The predicted octanol–water partition coefficient (Wildman–Crippen LogP) is 3.28. The van der Waals surface area contributed by atoms with Crippen molar-refractivity contribution < 1.29 is 5.11 Å². The van der Waals surface area contributed by atoms with Crippen LogP contribution in [-0.2, 0) is 0 Å². The Bertz CT molecular complexity index is 264. The van der Waals surface area contributed by atoms with Crippen molar-refractivity contribution in [2.24, 2.45) is 11.3 Å². The Morgan fingerprint density at radius 1 is 1.36 bits per heavy atom. The van der Waals surface area contributed by atoms with E-state index in [0.717, 1.165) is 6.42 Å². The van der Waals surface area contributed by atoms with Crippen LogP contribution in [0.3, 0.4) is 0 Å². The smallest absolute Gasteiger partial charge is 0.0681 e. The first-order chi connectivity index (χ1) is 6.48. The average Bonchev–Trinajstić information content (AvgIpc) is 2.36. The zero-order valence-electron chi connectivity index (χ0n) is 9.64. The fourth-order valence-corrected chi connectivity index (χ4v) is 3.70. The third-order valence-corrected chi connectivity index (χ3v) is 4.73. The largest absolute Gasteiger partial charge is 0.390 e. The van der Waals surface area contributed by atoms with Gasteiger partial charge in [-0.3, -0.25) is 0 Å². The van der Waals surface area contributed by atoms with E-state index >= 15 is 0 Å². The first-order valence-electron chi connectivity index (χ1n) is 5.88. The SMILES string of the molecule is CC1=CC(C)C2(CCCC2(C)O)CC1. The van der Waals surface area contributed by atoms with Crippen molar-refractivity contribution in [3.8, 4) is 0 Å². The van der Waals surface area contributed by atoms with Crippen LogP contribution in [0.25, 0.3) is 0 Å². The van der Waals surface area contributed by atoms with Gasteiger partial charge in [0, 0.05) is 5.41 Å². The van der Waals surface area contributed by atoms with Gasteiger partial charge in [0.15, 0.2) is 0 Å². The van der Waals surface area contributed by atoms with Crippen LogP contribution in [0.1, 0.15) is 52.9 Å². The van der Waals surface area contributed by atoms with Crippen molar-refractivity contribution in [3.63, 3.8) is 0 Å². The Kier molecular flexibility index (Phi) is 2.26. The summed E-state index contributed by atoms with van der Waals surface area (Å²) in [6.07, 6.45) is 8.15. The molecule has 3 atom stereocenters. The Hall–Kier alpha value is -0.300. The topological polar surface area (TPSA) is 20.2 Å². The standard InChI is InChI=1S/C13H22O/c1-10-5-8-13(11(2)9-10)7-4-6-12(13,3)14/h9,11,14H,4-8H2,1-3H3. The lowest BCUT2D eigenvalue weighted by atomic mass is 9.61. The van der Waals surface area contributed by atoms with E-state index in [-0.39, 0.29) is 5.41 Å². The number of allylic oxidation sites excluding steroid dienone is 2. The minimum absolute atomic E-state index is 0.187. The molecular formula is C13H22O. The first kappa shape index (κ1) is 10.2. The van der Waals surface area contributed by atoms with E-state index in [4.69, 9.17) is 0 Å². The van der Waals surface area contributed by atoms with Gasteiger partial charge in [-0.15, -0.1) is 0 Å². The third-order valence-electron chi connectivity index (χ3n) is 4.73. The van der Waals surface area contributed by atoms with Crippen molar-refractivity contribution in [3.05, 3.63) is 11.6 Å². The molecule has 1 spiro atoms. The molecule has 1 saturated carbocycles. The molecule has 1 heteroatoms. The molecule has 14 heavy (non-hydrogen) atoms. The molecular weight excluding hydrogens is 172 g/mol. The van der Waals surface area contributed by atoms with Crippen molar-refractivity contribution in [2.45, 2.75) is 58.5 Å². The van der Waals surface area contributed by atoms with E-state index in [2.05, 4.69) is 19.9 Å². The molecule has 0 aromatic heterocycles. The highest BCUT2D eigenvalue weighted by atomic mass is 16.3. The minimum atomic E-state index is -0.427. The molecule has 1 fully saturated rings. The van der Waals surface area contributed by atoms with Crippen molar-refractivity contribution in [2.75, 3.05) is 0 Å². The summed E-state index contributed by atoms with van der Waals surface area (Å²) in [6, 6.07) is 0. The molecule has 80 valence electrons. The number of aliphatic hydroxyl groups is 1. The Morgan fingerprint density at radius 2 is 2.07 bits per heavy atom. The van der Waals surface area contributed by atoms with Gasteiger partial charge in [-0.1, -0.05) is 18.6 Å². The number of hydrogen-bond acceptors (Lipinski definition) is 1. The lowest BCUT2D eigenvalue weighted by molar-refractivity contribution is -0.0739. The second kappa shape index (κ2) is 3.10. The molecule has 0 saturated heterocycles. The molecule has 0 heterocycles. The fraction of sp³-hybridized carbons (Fsp3) is 0.846. The van der Waals surface area contributed by atoms with Gasteiger partial charge in [0.1, 0.15) is 0 Å². The maximum Gasteiger partial charge on any atom is 0.0681 e. The molecule has 0 aromatic rings. The quantitative estimate of drug-likeness (QED) is 0.587. The summed E-state index contributed by atoms with van der Waals surface area (Å²) < 4.78 is 0. The second-order valence-corrected chi connectivity index (χ2v) is 5.59. The van der Waals surface area contributed by atoms with Crippen LogP contribution in [0.15, 0.2) is 11.6 Å². The number of hydrogen-bond donors (Lipinski definition) is 1. The summed E-state index contributed by atoms with van der Waals surface area (Å²) in [5, 5.41) is 10.5. The summed E-state index contributed by atoms with van der Waals surface area (Å²) in [5.41, 5.74) is 1.27. The highest BCUT2D eigenvalue weighted by molar-refractivity contribution is 5.16. The fourth-order valence-electron chi connectivity index (χ4n) is 3.70. The van der Waals surface area contributed by atoms with Crippen LogP contribution < -0.4 is 0 Å². The van der Waals surface area contributed by atoms with E-state index in [9.17, 15) is 5.11 Å². The highest BCUT2D eigenvalue weighted by Crippen LogP contribution is 2.56. The summed E-state index contributed by atoms with van der Waals surface area (Å²) >= 11 is 0. The van der Waals surface area contributed by atoms with Crippen molar-refractivity contribution in [1.29, 1.82) is 0 Å². The Labute approximate surface area is 87.2 Å². The molecule has 1 N–H and O–H groups in total. The molecule has 1 nitrogen and oxygen atoms in total. The molecule has 0 amide bonds. The minimum Gasteiger partial charge on any atom is -0.390 e. The van der Waals surface area contributed by atoms with E-state index < -0.39 is 5.60 Å². The molecule has 3 unspecified atom stereocenters. The summed E-state index contributed by atoms with van der Waals surface area (Å²) in [7, 11) is 0. The summed E-state index contributed by atoms with van der Waals surface area (Å²) in [6.45, 7) is 6.54. The van der Waals surface area contributed by atoms with Gasteiger partial charge in [0.2, 0.25) is 0 Å². The van der Waals surface area contributed by atoms with Crippen LogP contribution >= 0.6 is 0 Å². The van der Waals surface area contributed by atoms with E-state index in [0.29, 0.717) is 5.92 Å². The molecule has 2 rings (SSSR count). The van der Waals surface area contributed by atoms with Gasteiger partial charge in [-0.2, -0.15) is 0 Å². The maximum atomic E-state index is 10.5. The van der Waals surface area contributed by atoms with Crippen LogP contribution in [0.4, 0.5) is 0 Å². The van der Waals surface area contributed by atoms with Crippen LogP contribution in [-0.4, -0.2) is 10.7 Å². The van der Waals surface area contributed by atoms with Gasteiger partial charge in [-0.05, 0) is 51.9 Å². The Balaban J connectivity index is 2.33. The molecule has 2 aliphatic carbocycles. The van der Waals surface area contributed by atoms with Gasteiger partial charge >= 0.3 is 0 Å². The van der Waals surface area contributed by atoms with Crippen molar-refractivity contribution in [1.82, 2.24) is 0 Å². The Morgan fingerprint density at radius 3 is 2.57 bits per heavy atom. The van der Waals surface area contributed by atoms with Gasteiger partial charge < -0.3 is 5.11 Å². The van der Waals surface area contributed by atoms with Crippen LogP contribution in [0.5, 0.6) is 0 Å². The van der Waals surface area contributed by atoms with Gasteiger partial charge in [-0.25, -0.2) is 0 Å². The monoisotopic (exact) mass is 194 g/mol.